The van der Waals surface area contributed by atoms with Crippen LogP contribution in [0.5, 0.6) is 0 Å². The number of rotatable bonds is 11. The Morgan fingerprint density at radius 1 is 0.561 bits per heavy atom. The van der Waals surface area contributed by atoms with Crippen molar-refractivity contribution in [1.82, 2.24) is 0 Å². The van der Waals surface area contributed by atoms with Gasteiger partial charge in [0.2, 0.25) is 0 Å². The molecule has 1 aliphatic carbocycles. The van der Waals surface area contributed by atoms with Crippen LogP contribution in [0.2, 0.25) is 0 Å². The van der Waals surface area contributed by atoms with Crippen LogP contribution in [0.25, 0.3) is 0 Å². The maximum absolute atomic E-state index is 11.2. The molecule has 17 heteroatoms. The van der Waals surface area contributed by atoms with E-state index in [4.69, 9.17) is 50.7 Å². The minimum Gasteiger partial charge on any atom is -0.478 e. The van der Waals surface area contributed by atoms with Crippen LogP contribution in [0.4, 0.5) is 0 Å². The van der Waals surface area contributed by atoms with Crippen LogP contribution in [0, 0.1) is 10.8 Å². The Bertz CT molecular complexity index is 682. The molecule has 17 nitrogen and oxygen atoms in total. The highest BCUT2D eigenvalue weighted by molar-refractivity contribution is 5.87. The summed E-state index contributed by atoms with van der Waals surface area (Å²) >= 11 is 0. The van der Waals surface area contributed by atoms with E-state index in [0.29, 0.717) is 0 Å². The first kappa shape index (κ1) is 43.4. The van der Waals surface area contributed by atoms with Gasteiger partial charge in [-0.25, -0.2) is 9.59 Å². The van der Waals surface area contributed by atoms with Crippen molar-refractivity contribution < 1.29 is 85.8 Å². The Labute approximate surface area is 236 Å². The number of ether oxygens (including phenoxy) is 1. The largest absolute Gasteiger partial charge is 0.478 e. The molecule has 1 aliphatic rings. The second-order valence-corrected chi connectivity index (χ2v) is 9.45. The van der Waals surface area contributed by atoms with E-state index < -0.39 is 112 Å². The van der Waals surface area contributed by atoms with Gasteiger partial charge in [0.15, 0.2) is 6.10 Å². The van der Waals surface area contributed by atoms with Crippen molar-refractivity contribution in [2.24, 2.45) is 10.8 Å². The normalized spacial score (nSPS) is 23.8. The molecule has 4 atom stereocenters. The summed E-state index contributed by atoms with van der Waals surface area (Å²) < 4.78 is 4.70. The molecule has 0 heterocycles. The van der Waals surface area contributed by atoms with Crippen LogP contribution < -0.4 is 0 Å². The molecule has 0 spiro atoms. The summed E-state index contributed by atoms with van der Waals surface area (Å²) in [5.74, 6) is -1.81. The Morgan fingerprint density at radius 2 is 0.780 bits per heavy atom. The summed E-state index contributed by atoms with van der Waals surface area (Å²) in [4.78, 5) is 20.8. The Balaban J connectivity index is -0.000000513. The molecule has 0 saturated heterocycles. The highest BCUT2D eigenvalue weighted by atomic mass is 16.6. The summed E-state index contributed by atoms with van der Waals surface area (Å²) in [6.45, 7) is 6.03. The third kappa shape index (κ3) is 14.6. The average molecular weight is 607 g/mol. The van der Waals surface area contributed by atoms with E-state index in [1.54, 1.807) is 0 Å². The van der Waals surface area contributed by atoms with Crippen molar-refractivity contribution >= 4 is 11.9 Å². The van der Waals surface area contributed by atoms with Gasteiger partial charge < -0.3 is 76.2 Å². The molecule has 0 aromatic heterocycles. The number of carboxylic acids is 1. The maximum Gasteiger partial charge on any atom is 0.333 e. The van der Waals surface area contributed by atoms with Gasteiger partial charge in [0.1, 0.15) is 30.5 Å². The van der Waals surface area contributed by atoms with Gasteiger partial charge >= 0.3 is 11.9 Å². The summed E-state index contributed by atoms with van der Waals surface area (Å²) in [5, 5.41) is 123. The van der Waals surface area contributed by atoms with Crippen LogP contribution in [0.3, 0.4) is 0 Å². The lowest BCUT2D eigenvalue weighted by atomic mass is 9.85. The first-order valence-corrected chi connectivity index (χ1v) is 11.9. The van der Waals surface area contributed by atoms with Crippen LogP contribution in [-0.4, -0.2) is 173 Å². The zero-order valence-corrected chi connectivity index (χ0v) is 23.0. The Morgan fingerprint density at radius 3 is 0.927 bits per heavy atom. The van der Waals surface area contributed by atoms with Crippen LogP contribution >= 0.6 is 0 Å². The molecule has 0 aromatic rings. The number of aliphatic hydroxyl groups is 13. The lowest BCUT2D eigenvalue weighted by molar-refractivity contribution is -0.232. The Hall–Kier alpha value is -2.10. The molecule has 4 unspecified atom stereocenters. The average Bonchev–Trinajstić information content (AvgIpc) is 2.97. The number of esters is 1. The smallest absolute Gasteiger partial charge is 0.333 e. The number of carbonyl (C=O) groups is 2. The van der Waals surface area contributed by atoms with E-state index in [0.717, 1.165) is 0 Å². The summed E-state index contributed by atoms with van der Waals surface area (Å²) in [7, 11) is 0. The molecule has 0 radical (unpaired) electrons. The standard InChI is InChI=1S/C10H16O7.2C5H12O4.C4H6O2/c1-3(2)10(16)17-9-7(14)5(12)4(11)6(13)8(9)15;2*6-1-5(2-7,3-8)4-9;1-3(2)4(5)6/h4-9,11-15H,1H2,2H3;2*6-9H,1-4H2;1H2,2H3,(H,5,6). The van der Waals surface area contributed by atoms with E-state index in [1.165, 1.54) is 13.8 Å². The van der Waals surface area contributed by atoms with Gasteiger partial charge in [0, 0.05) is 11.1 Å². The quantitative estimate of drug-likeness (QED) is 0.0768. The molecule has 0 aromatic carbocycles. The third-order valence-corrected chi connectivity index (χ3v) is 5.71. The van der Waals surface area contributed by atoms with Crippen LogP contribution in [0.1, 0.15) is 13.8 Å². The molecule has 1 rings (SSSR count). The lowest BCUT2D eigenvalue weighted by Gasteiger charge is -2.41. The fourth-order valence-corrected chi connectivity index (χ4v) is 2.16. The van der Waals surface area contributed by atoms with Gasteiger partial charge in [-0.1, -0.05) is 13.2 Å². The first-order chi connectivity index (χ1) is 18.9. The minimum atomic E-state index is -1.71. The molecular formula is C24H46O17. The summed E-state index contributed by atoms with van der Waals surface area (Å²) in [5.41, 5.74) is -2.01. The van der Waals surface area contributed by atoms with Crippen LogP contribution in [-0.2, 0) is 14.3 Å². The molecule has 0 bridgehead atoms. The highest BCUT2D eigenvalue weighted by Gasteiger charge is 2.50. The monoisotopic (exact) mass is 606 g/mol. The van der Waals surface area contributed by atoms with Crippen molar-refractivity contribution in [3.05, 3.63) is 24.3 Å². The maximum atomic E-state index is 11.2. The molecule has 1 fully saturated rings. The topological polar surface area (TPSA) is 327 Å². The van der Waals surface area contributed by atoms with Crippen molar-refractivity contribution in [2.45, 2.75) is 50.5 Å². The van der Waals surface area contributed by atoms with Crippen molar-refractivity contribution in [2.75, 3.05) is 52.9 Å². The van der Waals surface area contributed by atoms with Crippen molar-refractivity contribution in [3.8, 4) is 0 Å². The van der Waals surface area contributed by atoms with Gasteiger partial charge in [0.05, 0.1) is 63.7 Å². The second kappa shape index (κ2) is 21.6. The first-order valence-electron chi connectivity index (χ1n) is 11.9. The van der Waals surface area contributed by atoms with Gasteiger partial charge in [0.25, 0.3) is 0 Å². The van der Waals surface area contributed by atoms with Gasteiger partial charge in [-0.05, 0) is 13.8 Å². The number of carboxylic acid groups (broad SMARTS) is 1. The van der Waals surface area contributed by atoms with E-state index in [1.807, 2.05) is 0 Å². The van der Waals surface area contributed by atoms with E-state index in [9.17, 15) is 35.1 Å². The van der Waals surface area contributed by atoms with Gasteiger partial charge in [-0.2, -0.15) is 0 Å². The van der Waals surface area contributed by atoms with Crippen LogP contribution in [0.15, 0.2) is 24.3 Å². The molecule has 0 aliphatic heterocycles. The van der Waals surface area contributed by atoms with Crippen molar-refractivity contribution in [3.63, 3.8) is 0 Å². The number of hydrogen-bond acceptors (Lipinski definition) is 16. The molecule has 14 N–H and O–H groups in total. The fraction of sp³-hybridized carbons (Fsp3) is 0.750. The molecule has 0 amide bonds. The van der Waals surface area contributed by atoms with Gasteiger partial charge in [-0.15, -0.1) is 0 Å². The lowest BCUT2D eigenvalue weighted by Crippen LogP contribution is -2.64. The van der Waals surface area contributed by atoms with E-state index >= 15 is 0 Å². The second-order valence-electron chi connectivity index (χ2n) is 9.45. The SMILES string of the molecule is C=C(C)C(=O)O.C=C(C)C(=O)OC1C(O)C(O)C(O)C(O)C1O.OCC(CO)(CO)CO.OCC(CO)(CO)CO. The van der Waals surface area contributed by atoms with Gasteiger partial charge in [-0.3, -0.25) is 0 Å². The third-order valence-electron chi connectivity index (χ3n) is 5.71. The van der Waals surface area contributed by atoms with Crippen molar-refractivity contribution in [1.29, 1.82) is 0 Å². The molecule has 41 heavy (non-hydrogen) atoms. The zero-order valence-electron chi connectivity index (χ0n) is 23.0. The fourth-order valence-electron chi connectivity index (χ4n) is 2.16. The predicted octanol–water partition coefficient (Wildman–Crippen LogP) is -6.18. The highest BCUT2D eigenvalue weighted by Crippen LogP contribution is 2.24. The minimum absolute atomic E-state index is 0.0412. The summed E-state index contributed by atoms with van der Waals surface area (Å²) in [6.07, 6.45) is -10.0. The molecule has 1 saturated carbocycles. The zero-order chi connectivity index (χ0) is 33.1. The number of carbonyl (C=O) groups excluding carboxylic acids is 1. The van der Waals surface area contributed by atoms with E-state index in [-0.39, 0.29) is 11.1 Å². The Kier molecular flexibility index (Phi) is 22.8. The molecule has 244 valence electrons. The number of aliphatic hydroxyl groups excluding tert-OH is 13. The molecular weight excluding hydrogens is 560 g/mol. The summed E-state index contributed by atoms with van der Waals surface area (Å²) in [6, 6.07) is 0. The number of hydrogen-bond donors (Lipinski definition) is 14. The number of aliphatic carboxylic acids is 1. The van der Waals surface area contributed by atoms with E-state index in [2.05, 4.69) is 13.2 Å². The predicted molar refractivity (Wildman–Crippen MR) is 139 cm³/mol.